The number of carboxylic acid groups (broad SMARTS) is 1. The molecule has 0 aromatic heterocycles. The Kier molecular flexibility index (Phi) is 6.46. The van der Waals surface area contributed by atoms with Gasteiger partial charge in [0.05, 0.1) is 0 Å². The van der Waals surface area contributed by atoms with Gasteiger partial charge in [-0.2, -0.15) is 0 Å². The molecule has 0 radical (unpaired) electrons. The van der Waals surface area contributed by atoms with Crippen LogP contribution in [0.1, 0.15) is 40.5 Å². The number of amides is 1. The smallest absolute Gasteiger partial charge is 0.331 e. The third kappa shape index (κ3) is 4.04. The molecule has 4 heteroatoms. The Labute approximate surface area is 96.9 Å². The molecule has 0 spiro atoms. The van der Waals surface area contributed by atoms with E-state index in [0.29, 0.717) is 18.7 Å². The number of rotatable bonds is 6. The highest BCUT2D eigenvalue weighted by Crippen LogP contribution is 2.09. The van der Waals surface area contributed by atoms with E-state index >= 15 is 0 Å². The average Bonchev–Trinajstić information content (AvgIpc) is 2.27. The molecule has 0 aliphatic heterocycles. The van der Waals surface area contributed by atoms with Crippen LogP contribution in [0.4, 0.5) is 0 Å². The molecule has 0 heterocycles. The summed E-state index contributed by atoms with van der Waals surface area (Å²) in [5, 5.41) is 8.80. The molecule has 0 aromatic carbocycles. The van der Waals surface area contributed by atoms with E-state index in [-0.39, 0.29) is 11.5 Å². The van der Waals surface area contributed by atoms with Crippen molar-refractivity contribution >= 4 is 11.9 Å². The minimum Gasteiger partial charge on any atom is -0.478 e. The first-order valence-electron chi connectivity index (χ1n) is 5.65. The van der Waals surface area contributed by atoms with Crippen molar-refractivity contribution < 1.29 is 14.7 Å². The third-order valence-electron chi connectivity index (χ3n) is 2.65. The van der Waals surface area contributed by atoms with Gasteiger partial charge >= 0.3 is 5.97 Å². The van der Waals surface area contributed by atoms with Crippen LogP contribution in [0.15, 0.2) is 11.1 Å². The van der Waals surface area contributed by atoms with Crippen LogP contribution in [0.2, 0.25) is 0 Å². The van der Waals surface area contributed by atoms with Crippen molar-refractivity contribution in [3.63, 3.8) is 0 Å². The predicted octanol–water partition coefficient (Wildman–Crippen LogP) is 2.06. The van der Waals surface area contributed by atoms with Gasteiger partial charge in [-0.15, -0.1) is 0 Å². The first-order valence-corrected chi connectivity index (χ1v) is 5.65. The molecular formula is C12H21NO3. The molecule has 0 aliphatic rings. The number of carbonyl (C=O) groups is 2. The summed E-state index contributed by atoms with van der Waals surface area (Å²) in [5.74, 6) is -1.20. The van der Waals surface area contributed by atoms with E-state index in [4.69, 9.17) is 5.11 Å². The first-order chi connectivity index (χ1) is 7.45. The molecule has 0 bridgehead atoms. The van der Waals surface area contributed by atoms with Gasteiger partial charge in [0.25, 0.3) is 0 Å². The minimum atomic E-state index is -1.03. The Hall–Kier alpha value is -1.32. The summed E-state index contributed by atoms with van der Waals surface area (Å²) in [7, 11) is 0. The molecule has 0 saturated heterocycles. The predicted molar refractivity (Wildman–Crippen MR) is 63.2 cm³/mol. The molecule has 4 nitrogen and oxygen atoms in total. The Balaban J connectivity index is 4.75. The van der Waals surface area contributed by atoms with E-state index in [1.54, 1.807) is 11.8 Å². The molecule has 0 unspecified atom stereocenters. The van der Waals surface area contributed by atoms with Gasteiger partial charge in [0.15, 0.2) is 0 Å². The molecule has 1 amide bonds. The van der Waals surface area contributed by atoms with Gasteiger partial charge in [0.1, 0.15) is 0 Å². The van der Waals surface area contributed by atoms with Gasteiger partial charge in [-0.25, -0.2) is 4.79 Å². The molecule has 16 heavy (non-hydrogen) atoms. The van der Waals surface area contributed by atoms with Crippen LogP contribution < -0.4 is 0 Å². The fourth-order valence-corrected chi connectivity index (χ4v) is 1.31. The SMILES string of the molecule is CCCCN(CC)C(=O)C(C)=C(C)C(=O)O. The second-order valence-corrected chi connectivity index (χ2v) is 3.79. The number of unbranched alkanes of at least 4 members (excludes halogenated alkanes) is 1. The highest BCUT2D eigenvalue weighted by atomic mass is 16.4. The number of nitrogens with zero attached hydrogens (tertiary/aromatic N) is 1. The zero-order valence-corrected chi connectivity index (χ0v) is 10.5. The topological polar surface area (TPSA) is 57.6 Å². The normalized spacial score (nSPS) is 12.0. The van der Waals surface area contributed by atoms with Gasteiger partial charge in [-0.05, 0) is 27.2 Å². The van der Waals surface area contributed by atoms with Crippen LogP contribution in [0.25, 0.3) is 0 Å². The van der Waals surface area contributed by atoms with Crippen LogP contribution >= 0.6 is 0 Å². The van der Waals surface area contributed by atoms with Gasteiger partial charge in [0.2, 0.25) is 5.91 Å². The summed E-state index contributed by atoms with van der Waals surface area (Å²) >= 11 is 0. The third-order valence-corrected chi connectivity index (χ3v) is 2.65. The van der Waals surface area contributed by atoms with E-state index in [2.05, 4.69) is 6.92 Å². The van der Waals surface area contributed by atoms with Gasteiger partial charge in [-0.1, -0.05) is 13.3 Å². The Morgan fingerprint density at radius 1 is 1.12 bits per heavy atom. The fraction of sp³-hybridized carbons (Fsp3) is 0.667. The fourth-order valence-electron chi connectivity index (χ4n) is 1.31. The maximum atomic E-state index is 11.9. The molecule has 1 N–H and O–H groups in total. The molecule has 92 valence electrons. The van der Waals surface area contributed by atoms with Crippen LogP contribution in [0, 0.1) is 0 Å². The van der Waals surface area contributed by atoms with E-state index in [1.165, 1.54) is 6.92 Å². The van der Waals surface area contributed by atoms with Crippen LogP contribution in [0.5, 0.6) is 0 Å². The van der Waals surface area contributed by atoms with Crippen molar-refractivity contribution in [2.75, 3.05) is 13.1 Å². The van der Waals surface area contributed by atoms with Crippen molar-refractivity contribution in [1.29, 1.82) is 0 Å². The lowest BCUT2D eigenvalue weighted by Gasteiger charge is -2.21. The monoisotopic (exact) mass is 227 g/mol. The van der Waals surface area contributed by atoms with Crippen molar-refractivity contribution in [1.82, 2.24) is 4.90 Å². The number of aliphatic carboxylic acids is 1. The summed E-state index contributed by atoms with van der Waals surface area (Å²) in [6.45, 7) is 8.29. The van der Waals surface area contributed by atoms with Crippen molar-refractivity contribution in [3.05, 3.63) is 11.1 Å². The average molecular weight is 227 g/mol. The molecule has 0 aromatic rings. The van der Waals surface area contributed by atoms with E-state index in [1.807, 2.05) is 6.92 Å². The Morgan fingerprint density at radius 2 is 1.69 bits per heavy atom. The maximum Gasteiger partial charge on any atom is 0.331 e. The molecule has 0 saturated carbocycles. The lowest BCUT2D eigenvalue weighted by molar-refractivity contribution is -0.133. The molecule has 0 aliphatic carbocycles. The number of hydrogen-bond donors (Lipinski definition) is 1. The van der Waals surface area contributed by atoms with Crippen molar-refractivity contribution in [3.8, 4) is 0 Å². The number of carbonyl (C=O) groups excluding carboxylic acids is 1. The lowest BCUT2D eigenvalue weighted by atomic mass is 10.1. The van der Waals surface area contributed by atoms with Gasteiger partial charge in [0, 0.05) is 24.2 Å². The largest absolute Gasteiger partial charge is 0.478 e. The van der Waals surface area contributed by atoms with Crippen molar-refractivity contribution in [2.45, 2.75) is 40.5 Å². The van der Waals surface area contributed by atoms with Gasteiger partial charge in [-0.3, -0.25) is 4.79 Å². The highest BCUT2D eigenvalue weighted by molar-refractivity contribution is 6.01. The first kappa shape index (κ1) is 14.7. The van der Waals surface area contributed by atoms with E-state index < -0.39 is 5.97 Å². The Morgan fingerprint density at radius 3 is 2.06 bits per heavy atom. The number of hydrogen-bond acceptors (Lipinski definition) is 2. The van der Waals surface area contributed by atoms with Gasteiger partial charge < -0.3 is 10.0 Å². The minimum absolute atomic E-state index is 0.125. The quantitative estimate of drug-likeness (QED) is 0.706. The molecule has 0 rings (SSSR count). The van der Waals surface area contributed by atoms with Crippen molar-refractivity contribution in [2.24, 2.45) is 0 Å². The standard InChI is InChI=1S/C12H21NO3/c1-5-7-8-13(6-2)11(14)9(3)10(4)12(15)16/h5-8H2,1-4H3,(H,15,16). The second-order valence-electron chi connectivity index (χ2n) is 3.79. The van der Waals surface area contributed by atoms with Crippen LogP contribution in [0.3, 0.4) is 0 Å². The second kappa shape index (κ2) is 7.04. The number of carboxylic acids is 1. The summed E-state index contributed by atoms with van der Waals surface area (Å²) in [4.78, 5) is 24.4. The Bertz CT molecular complexity index is 295. The summed E-state index contributed by atoms with van der Waals surface area (Å²) in [5.41, 5.74) is 0.449. The van der Waals surface area contributed by atoms with Crippen LogP contribution in [-0.2, 0) is 9.59 Å². The van der Waals surface area contributed by atoms with E-state index in [9.17, 15) is 9.59 Å². The maximum absolute atomic E-state index is 11.9. The summed E-state index contributed by atoms with van der Waals surface area (Å²) in [6, 6.07) is 0. The summed E-state index contributed by atoms with van der Waals surface area (Å²) < 4.78 is 0. The lowest BCUT2D eigenvalue weighted by Crippen LogP contribution is -2.33. The number of likely N-dealkylation sites (N-methyl/N-ethyl adjacent to an activating group) is 1. The van der Waals surface area contributed by atoms with Crippen LogP contribution in [-0.4, -0.2) is 35.0 Å². The molecule has 0 fully saturated rings. The zero-order valence-electron chi connectivity index (χ0n) is 10.5. The van der Waals surface area contributed by atoms with E-state index in [0.717, 1.165) is 12.8 Å². The molecular weight excluding hydrogens is 206 g/mol. The zero-order chi connectivity index (χ0) is 12.7. The highest BCUT2D eigenvalue weighted by Gasteiger charge is 2.17. The summed E-state index contributed by atoms with van der Waals surface area (Å²) in [6.07, 6.45) is 1.96. The molecule has 0 atom stereocenters.